The molecule has 1 aromatic carbocycles. The van der Waals surface area contributed by atoms with Gasteiger partial charge in [0, 0.05) is 24.8 Å². The first kappa shape index (κ1) is 13.1. The first-order valence-corrected chi connectivity index (χ1v) is 7.72. The normalized spacial score (nSPS) is 14.8. The zero-order chi connectivity index (χ0) is 14.9. The lowest BCUT2D eigenvalue weighted by atomic mass is 10.1. The maximum Gasteiger partial charge on any atom is 0.251 e. The minimum atomic E-state index is -0.0689. The number of aromatic nitrogens is 3. The Bertz CT molecular complexity index is 813. The highest BCUT2D eigenvalue weighted by atomic mass is 32.1. The van der Waals surface area contributed by atoms with E-state index in [1.54, 1.807) is 18.3 Å². The number of anilines is 1. The van der Waals surface area contributed by atoms with Crippen LogP contribution >= 0.6 is 11.7 Å². The summed E-state index contributed by atoms with van der Waals surface area (Å²) >= 11 is 1.16. The highest BCUT2D eigenvalue weighted by Crippen LogP contribution is 2.18. The molecular formula is C15H13N5OS. The fraction of sp³-hybridized carbons (Fsp3) is 0.200. The number of pyridine rings is 1. The van der Waals surface area contributed by atoms with E-state index in [0.717, 1.165) is 41.7 Å². The number of fused-ring (bicyclic) bond motifs is 1. The Kier molecular flexibility index (Phi) is 3.19. The van der Waals surface area contributed by atoms with Gasteiger partial charge < -0.3 is 10.2 Å². The van der Waals surface area contributed by atoms with Crippen molar-refractivity contribution in [2.45, 2.75) is 6.04 Å². The average molecular weight is 311 g/mol. The second-order valence-electron chi connectivity index (χ2n) is 5.23. The first-order chi connectivity index (χ1) is 10.8. The summed E-state index contributed by atoms with van der Waals surface area (Å²) in [6.45, 7) is 1.56. The Balaban J connectivity index is 1.39. The molecule has 0 bridgehead atoms. The fourth-order valence-corrected chi connectivity index (χ4v) is 3.01. The van der Waals surface area contributed by atoms with Gasteiger partial charge in [0.1, 0.15) is 16.9 Å². The molecule has 0 aliphatic carbocycles. The van der Waals surface area contributed by atoms with E-state index in [1.165, 1.54) is 0 Å². The van der Waals surface area contributed by atoms with Crippen molar-refractivity contribution in [3.8, 4) is 0 Å². The molecule has 1 N–H and O–H groups in total. The van der Waals surface area contributed by atoms with E-state index in [9.17, 15) is 4.79 Å². The average Bonchev–Trinajstić information content (AvgIpc) is 2.98. The standard InChI is InChI=1S/C15H13N5OS/c21-15(10-4-5-12-13(7-10)19-22-18-12)17-11-8-20(9-11)14-3-1-2-6-16-14/h1-7,11H,8-9H2,(H,17,21). The van der Waals surface area contributed by atoms with Gasteiger partial charge in [-0.25, -0.2) is 4.98 Å². The van der Waals surface area contributed by atoms with E-state index in [0.29, 0.717) is 5.56 Å². The van der Waals surface area contributed by atoms with E-state index in [-0.39, 0.29) is 11.9 Å². The maximum atomic E-state index is 12.3. The summed E-state index contributed by atoms with van der Waals surface area (Å²) in [4.78, 5) is 18.7. The number of benzene rings is 1. The van der Waals surface area contributed by atoms with Crippen molar-refractivity contribution in [2.24, 2.45) is 0 Å². The summed E-state index contributed by atoms with van der Waals surface area (Å²) in [7, 11) is 0. The van der Waals surface area contributed by atoms with Gasteiger partial charge in [0.25, 0.3) is 5.91 Å². The number of hydrogen-bond donors (Lipinski definition) is 1. The number of hydrogen-bond acceptors (Lipinski definition) is 6. The molecule has 6 nitrogen and oxygen atoms in total. The van der Waals surface area contributed by atoms with Gasteiger partial charge in [-0.2, -0.15) is 8.75 Å². The molecule has 0 atom stereocenters. The van der Waals surface area contributed by atoms with Gasteiger partial charge in [-0.1, -0.05) is 6.07 Å². The van der Waals surface area contributed by atoms with Gasteiger partial charge in [0.2, 0.25) is 0 Å². The molecule has 3 heterocycles. The predicted octanol–water partition coefficient (Wildman–Crippen LogP) is 1.70. The van der Waals surface area contributed by atoms with Crippen LogP contribution in [0, 0.1) is 0 Å². The summed E-state index contributed by atoms with van der Waals surface area (Å²) in [5, 5.41) is 3.04. The van der Waals surface area contributed by atoms with Crippen molar-refractivity contribution in [1.82, 2.24) is 19.0 Å². The van der Waals surface area contributed by atoms with Crippen molar-refractivity contribution in [3.63, 3.8) is 0 Å². The lowest BCUT2D eigenvalue weighted by Gasteiger charge is -2.40. The number of carbonyl (C=O) groups is 1. The van der Waals surface area contributed by atoms with E-state index in [1.807, 2.05) is 24.3 Å². The minimum Gasteiger partial charge on any atom is -0.352 e. The molecule has 7 heteroatoms. The van der Waals surface area contributed by atoms with Crippen LogP contribution < -0.4 is 10.2 Å². The second kappa shape index (κ2) is 5.34. The largest absolute Gasteiger partial charge is 0.352 e. The van der Waals surface area contributed by atoms with E-state index < -0.39 is 0 Å². The van der Waals surface area contributed by atoms with Crippen molar-refractivity contribution in [1.29, 1.82) is 0 Å². The molecule has 1 aliphatic heterocycles. The summed E-state index contributed by atoms with van der Waals surface area (Å²) in [6, 6.07) is 11.4. The number of amides is 1. The third kappa shape index (κ3) is 2.39. The molecule has 4 rings (SSSR count). The van der Waals surface area contributed by atoms with Crippen LogP contribution in [0.4, 0.5) is 5.82 Å². The van der Waals surface area contributed by atoms with Crippen LogP contribution in [0.15, 0.2) is 42.6 Å². The second-order valence-corrected chi connectivity index (χ2v) is 5.76. The van der Waals surface area contributed by atoms with Crippen LogP contribution in [0.1, 0.15) is 10.4 Å². The molecule has 1 amide bonds. The number of nitrogens with zero attached hydrogens (tertiary/aromatic N) is 4. The molecule has 0 radical (unpaired) electrons. The van der Waals surface area contributed by atoms with Crippen LogP contribution in [-0.4, -0.2) is 38.8 Å². The Morgan fingerprint density at radius 1 is 1.18 bits per heavy atom. The molecule has 1 fully saturated rings. The van der Waals surface area contributed by atoms with E-state index in [2.05, 4.69) is 23.9 Å². The van der Waals surface area contributed by atoms with Crippen LogP contribution in [0.25, 0.3) is 11.0 Å². The summed E-state index contributed by atoms with van der Waals surface area (Å²) in [5.74, 6) is 0.878. The van der Waals surface area contributed by atoms with Gasteiger partial charge in [0.05, 0.1) is 17.8 Å². The highest BCUT2D eigenvalue weighted by Gasteiger charge is 2.29. The van der Waals surface area contributed by atoms with Crippen LogP contribution in [0.3, 0.4) is 0 Å². The minimum absolute atomic E-state index is 0.0689. The van der Waals surface area contributed by atoms with E-state index in [4.69, 9.17) is 0 Å². The molecule has 110 valence electrons. The van der Waals surface area contributed by atoms with Crippen molar-refractivity contribution < 1.29 is 4.79 Å². The molecule has 0 saturated carbocycles. The van der Waals surface area contributed by atoms with Gasteiger partial charge in [-0.3, -0.25) is 4.79 Å². The molecule has 3 aromatic rings. The molecule has 2 aromatic heterocycles. The topological polar surface area (TPSA) is 71.0 Å². The van der Waals surface area contributed by atoms with Crippen molar-refractivity contribution in [2.75, 3.05) is 18.0 Å². The van der Waals surface area contributed by atoms with Gasteiger partial charge in [-0.15, -0.1) is 0 Å². The zero-order valence-corrected chi connectivity index (χ0v) is 12.5. The lowest BCUT2D eigenvalue weighted by molar-refractivity contribution is 0.0930. The van der Waals surface area contributed by atoms with Gasteiger partial charge >= 0.3 is 0 Å². The Morgan fingerprint density at radius 3 is 2.86 bits per heavy atom. The summed E-state index contributed by atoms with van der Waals surface area (Å²) in [5.41, 5.74) is 2.21. The van der Waals surface area contributed by atoms with Gasteiger partial charge in [-0.05, 0) is 30.3 Å². The van der Waals surface area contributed by atoms with E-state index >= 15 is 0 Å². The number of rotatable bonds is 3. The molecule has 1 saturated heterocycles. The first-order valence-electron chi connectivity index (χ1n) is 6.99. The Hall–Kier alpha value is -2.54. The van der Waals surface area contributed by atoms with Gasteiger partial charge in [0.15, 0.2) is 0 Å². The number of carbonyl (C=O) groups excluding carboxylic acids is 1. The summed E-state index contributed by atoms with van der Waals surface area (Å²) < 4.78 is 8.30. The molecular weight excluding hydrogens is 298 g/mol. The Labute approximate surface area is 131 Å². The molecule has 0 spiro atoms. The SMILES string of the molecule is O=C(NC1CN(c2ccccn2)C1)c1ccc2nsnc2c1. The monoisotopic (exact) mass is 311 g/mol. The van der Waals surface area contributed by atoms with Crippen LogP contribution in [-0.2, 0) is 0 Å². The van der Waals surface area contributed by atoms with Crippen molar-refractivity contribution in [3.05, 3.63) is 48.2 Å². The maximum absolute atomic E-state index is 12.3. The smallest absolute Gasteiger partial charge is 0.251 e. The molecule has 0 unspecified atom stereocenters. The third-order valence-electron chi connectivity index (χ3n) is 3.71. The van der Waals surface area contributed by atoms with Crippen LogP contribution in [0.5, 0.6) is 0 Å². The lowest BCUT2D eigenvalue weighted by Crippen LogP contribution is -2.59. The van der Waals surface area contributed by atoms with Crippen molar-refractivity contribution >= 4 is 34.5 Å². The quantitative estimate of drug-likeness (QED) is 0.797. The molecule has 1 aliphatic rings. The third-order valence-corrected chi connectivity index (χ3v) is 4.26. The predicted molar refractivity (Wildman–Crippen MR) is 85.1 cm³/mol. The van der Waals surface area contributed by atoms with Crippen LogP contribution in [0.2, 0.25) is 0 Å². The highest BCUT2D eigenvalue weighted by molar-refractivity contribution is 7.00. The number of nitrogens with one attached hydrogen (secondary N) is 1. The zero-order valence-electron chi connectivity index (χ0n) is 11.6. The Morgan fingerprint density at radius 2 is 2.05 bits per heavy atom. The molecule has 22 heavy (non-hydrogen) atoms. The fourth-order valence-electron chi connectivity index (χ4n) is 2.49. The summed E-state index contributed by atoms with van der Waals surface area (Å²) in [6.07, 6.45) is 1.78.